The number of amides is 2. The summed E-state index contributed by atoms with van der Waals surface area (Å²) in [6, 6.07) is 6.66. The molecule has 0 saturated carbocycles. The first-order chi connectivity index (χ1) is 11.0. The van der Waals surface area contributed by atoms with Gasteiger partial charge in [0.05, 0.1) is 5.75 Å². The lowest BCUT2D eigenvalue weighted by atomic mass is 10.00. The standard InChI is InChI=1S/C17H24N2O3S/c1-2-23(21,22)13-15-8-10-16(11-9-15)19-17(20)18-12-14-6-4-3-5-7-14/h6,8-11H,2-5,7,12-13H2,1H3,(H2,18,19,20). The molecule has 1 aromatic rings. The summed E-state index contributed by atoms with van der Waals surface area (Å²) in [6.45, 7) is 2.22. The van der Waals surface area contributed by atoms with Crippen molar-refractivity contribution < 1.29 is 13.2 Å². The Morgan fingerprint density at radius 1 is 1.17 bits per heavy atom. The van der Waals surface area contributed by atoms with Crippen molar-refractivity contribution in [2.24, 2.45) is 0 Å². The first-order valence-corrected chi connectivity index (χ1v) is 9.83. The average molecular weight is 336 g/mol. The van der Waals surface area contributed by atoms with Crippen molar-refractivity contribution >= 4 is 21.6 Å². The monoisotopic (exact) mass is 336 g/mol. The Hall–Kier alpha value is -1.82. The van der Waals surface area contributed by atoms with Crippen LogP contribution in [0.15, 0.2) is 35.9 Å². The molecule has 23 heavy (non-hydrogen) atoms. The summed E-state index contributed by atoms with van der Waals surface area (Å²) in [6.07, 6.45) is 6.78. The number of nitrogens with one attached hydrogen (secondary N) is 2. The highest BCUT2D eigenvalue weighted by Gasteiger charge is 2.09. The molecule has 1 aliphatic rings. The van der Waals surface area contributed by atoms with E-state index >= 15 is 0 Å². The van der Waals surface area contributed by atoms with E-state index in [4.69, 9.17) is 0 Å². The van der Waals surface area contributed by atoms with Gasteiger partial charge >= 0.3 is 6.03 Å². The number of carbonyl (C=O) groups is 1. The first-order valence-electron chi connectivity index (χ1n) is 8.00. The molecule has 1 aliphatic carbocycles. The third-order valence-electron chi connectivity index (χ3n) is 3.90. The molecular formula is C17H24N2O3S. The van der Waals surface area contributed by atoms with Crippen molar-refractivity contribution in [3.8, 4) is 0 Å². The fraction of sp³-hybridized carbons (Fsp3) is 0.471. The smallest absolute Gasteiger partial charge is 0.319 e. The maximum absolute atomic E-state index is 11.9. The number of hydrogen-bond acceptors (Lipinski definition) is 3. The Morgan fingerprint density at radius 3 is 2.52 bits per heavy atom. The van der Waals surface area contributed by atoms with Gasteiger partial charge in [-0.3, -0.25) is 0 Å². The molecule has 0 bridgehead atoms. The highest BCUT2D eigenvalue weighted by atomic mass is 32.2. The van der Waals surface area contributed by atoms with Crippen LogP contribution in [0, 0.1) is 0 Å². The highest BCUT2D eigenvalue weighted by molar-refractivity contribution is 7.90. The van der Waals surface area contributed by atoms with Gasteiger partial charge in [0.15, 0.2) is 9.84 Å². The molecule has 0 aromatic heterocycles. The van der Waals surface area contributed by atoms with Crippen LogP contribution in [0.4, 0.5) is 10.5 Å². The van der Waals surface area contributed by atoms with Crippen LogP contribution >= 0.6 is 0 Å². The van der Waals surface area contributed by atoms with Gasteiger partial charge in [0.1, 0.15) is 0 Å². The zero-order valence-electron chi connectivity index (χ0n) is 13.5. The predicted molar refractivity (Wildman–Crippen MR) is 93.2 cm³/mol. The second-order valence-electron chi connectivity index (χ2n) is 5.79. The van der Waals surface area contributed by atoms with E-state index in [0.29, 0.717) is 12.2 Å². The lowest BCUT2D eigenvalue weighted by Gasteiger charge is -2.14. The molecule has 0 unspecified atom stereocenters. The number of hydrogen-bond donors (Lipinski definition) is 2. The molecule has 1 aromatic carbocycles. The van der Waals surface area contributed by atoms with Crippen molar-refractivity contribution in [1.29, 1.82) is 0 Å². The van der Waals surface area contributed by atoms with Gasteiger partial charge in [-0.05, 0) is 43.4 Å². The van der Waals surface area contributed by atoms with E-state index in [9.17, 15) is 13.2 Å². The van der Waals surface area contributed by atoms with Crippen LogP contribution in [0.3, 0.4) is 0 Å². The van der Waals surface area contributed by atoms with E-state index in [-0.39, 0.29) is 17.5 Å². The quantitative estimate of drug-likeness (QED) is 0.783. The molecule has 0 radical (unpaired) electrons. The summed E-state index contributed by atoms with van der Waals surface area (Å²) < 4.78 is 23.2. The summed E-state index contributed by atoms with van der Waals surface area (Å²) in [5.41, 5.74) is 2.66. The fourth-order valence-corrected chi connectivity index (χ4v) is 3.38. The Bertz CT molecular complexity index is 664. The lowest BCUT2D eigenvalue weighted by Crippen LogP contribution is -2.30. The second kappa shape index (κ2) is 8.15. The minimum absolute atomic E-state index is 0.0319. The van der Waals surface area contributed by atoms with E-state index in [0.717, 1.165) is 18.4 Å². The zero-order chi connectivity index (χ0) is 16.7. The van der Waals surface area contributed by atoms with Crippen molar-refractivity contribution in [3.63, 3.8) is 0 Å². The summed E-state index contributed by atoms with van der Waals surface area (Å²) in [5, 5.41) is 5.61. The molecule has 2 N–H and O–H groups in total. The van der Waals surface area contributed by atoms with Gasteiger partial charge in [0.25, 0.3) is 0 Å². The maximum Gasteiger partial charge on any atom is 0.319 e. The van der Waals surface area contributed by atoms with Crippen LogP contribution in [0.5, 0.6) is 0 Å². The van der Waals surface area contributed by atoms with Gasteiger partial charge in [0.2, 0.25) is 0 Å². The van der Waals surface area contributed by atoms with E-state index in [2.05, 4.69) is 16.7 Å². The molecule has 0 spiro atoms. The van der Waals surface area contributed by atoms with E-state index < -0.39 is 9.84 Å². The summed E-state index contributed by atoms with van der Waals surface area (Å²) in [5.74, 6) is 0.162. The summed E-state index contributed by atoms with van der Waals surface area (Å²) in [4.78, 5) is 11.9. The molecule has 0 heterocycles. The van der Waals surface area contributed by atoms with Crippen LogP contribution < -0.4 is 10.6 Å². The van der Waals surface area contributed by atoms with Gasteiger partial charge < -0.3 is 10.6 Å². The number of carbonyl (C=O) groups excluding carboxylic acids is 1. The van der Waals surface area contributed by atoms with Crippen LogP contribution in [0.1, 0.15) is 38.2 Å². The second-order valence-corrected chi connectivity index (χ2v) is 8.14. The third kappa shape index (κ3) is 6.06. The van der Waals surface area contributed by atoms with Crippen LogP contribution in [0.25, 0.3) is 0 Å². The molecule has 2 rings (SSSR count). The molecule has 0 fully saturated rings. The number of sulfone groups is 1. The summed E-state index contributed by atoms with van der Waals surface area (Å²) >= 11 is 0. The number of urea groups is 1. The number of anilines is 1. The molecule has 0 saturated heterocycles. The largest absolute Gasteiger partial charge is 0.334 e. The lowest BCUT2D eigenvalue weighted by molar-refractivity contribution is 0.252. The van der Waals surface area contributed by atoms with E-state index in [1.54, 1.807) is 31.2 Å². The molecule has 2 amide bonds. The van der Waals surface area contributed by atoms with Crippen molar-refractivity contribution in [2.45, 2.75) is 38.4 Å². The summed E-state index contributed by atoms with van der Waals surface area (Å²) in [7, 11) is -3.04. The fourth-order valence-electron chi connectivity index (χ4n) is 2.47. The first kappa shape index (κ1) is 17.5. The van der Waals surface area contributed by atoms with E-state index in [1.807, 2.05) is 0 Å². The Morgan fingerprint density at radius 2 is 1.91 bits per heavy atom. The number of rotatable bonds is 6. The average Bonchev–Trinajstić information content (AvgIpc) is 2.55. The van der Waals surface area contributed by atoms with Gasteiger partial charge in [-0.15, -0.1) is 0 Å². The van der Waals surface area contributed by atoms with Gasteiger partial charge in [0, 0.05) is 18.0 Å². The predicted octanol–water partition coefficient (Wildman–Crippen LogP) is 3.24. The Labute approximate surface area is 138 Å². The molecule has 126 valence electrons. The number of benzene rings is 1. The van der Waals surface area contributed by atoms with Crippen molar-refractivity contribution in [1.82, 2.24) is 5.32 Å². The number of allylic oxidation sites excluding steroid dienone is 1. The SMILES string of the molecule is CCS(=O)(=O)Cc1ccc(NC(=O)NCC2=CCCCC2)cc1. The maximum atomic E-state index is 11.9. The van der Waals surface area contributed by atoms with Crippen molar-refractivity contribution in [2.75, 3.05) is 17.6 Å². The molecule has 6 heteroatoms. The highest BCUT2D eigenvalue weighted by Crippen LogP contribution is 2.16. The minimum Gasteiger partial charge on any atom is -0.334 e. The minimum atomic E-state index is -3.04. The normalized spacial score (nSPS) is 14.9. The van der Waals surface area contributed by atoms with Gasteiger partial charge in [-0.25, -0.2) is 13.2 Å². The molecule has 5 nitrogen and oxygen atoms in total. The molecule has 0 atom stereocenters. The van der Waals surface area contributed by atoms with Crippen LogP contribution in [0.2, 0.25) is 0 Å². The Balaban J connectivity index is 1.83. The molecular weight excluding hydrogens is 312 g/mol. The van der Waals surface area contributed by atoms with Gasteiger partial charge in [-0.1, -0.05) is 30.7 Å². The molecule has 0 aliphatic heterocycles. The Kier molecular flexibility index (Phi) is 6.21. The van der Waals surface area contributed by atoms with Crippen molar-refractivity contribution in [3.05, 3.63) is 41.5 Å². The third-order valence-corrected chi connectivity index (χ3v) is 5.55. The van der Waals surface area contributed by atoms with E-state index in [1.165, 1.54) is 18.4 Å². The zero-order valence-corrected chi connectivity index (χ0v) is 14.3. The van der Waals surface area contributed by atoms with Crippen LogP contribution in [-0.4, -0.2) is 26.7 Å². The topological polar surface area (TPSA) is 75.3 Å². The van der Waals surface area contributed by atoms with Crippen LogP contribution in [-0.2, 0) is 15.6 Å². The van der Waals surface area contributed by atoms with Gasteiger partial charge in [-0.2, -0.15) is 0 Å².